The molecule has 2 aromatic rings. The van der Waals surface area contributed by atoms with Crippen molar-refractivity contribution in [1.82, 2.24) is 5.32 Å². The monoisotopic (exact) mass is 425 g/mol. The first-order valence-electron chi connectivity index (χ1n) is 9.81. The molecule has 0 aliphatic carbocycles. The van der Waals surface area contributed by atoms with E-state index in [1.54, 1.807) is 12.1 Å². The molecule has 164 valence electrons. The molecule has 0 amide bonds. The van der Waals surface area contributed by atoms with Gasteiger partial charge in [0.15, 0.2) is 0 Å². The number of aliphatic carboxylic acids is 2. The Morgan fingerprint density at radius 2 is 1.68 bits per heavy atom. The lowest BCUT2D eigenvalue weighted by Gasteiger charge is -2.19. The molecule has 7 heteroatoms. The number of carboxylic acid groups (broad SMARTS) is 2. The molecule has 0 aliphatic rings. The van der Waals surface area contributed by atoms with Crippen LogP contribution in [0.15, 0.2) is 54.1 Å². The number of hydrogen-bond donors (Lipinski definition) is 3. The largest absolute Gasteiger partial charge is 0.481 e. The van der Waals surface area contributed by atoms with E-state index >= 15 is 0 Å². The lowest BCUT2D eigenvalue weighted by molar-refractivity contribution is -0.153. The van der Waals surface area contributed by atoms with Crippen LogP contribution in [-0.2, 0) is 25.7 Å². The SMILES string of the molecule is CC(C)(C)OC(=O)CNCc1cccc(-c2ccc(/C=C(\CC(=O)O)C(=O)O)cc2)c1. The molecule has 0 saturated heterocycles. The maximum absolute atomic E-state index is 11.8. The van der Waals surface area contributed by atoms with Crippen LogP contribution in [0.3, 0.4) is 0 Å². The van der Waals surface area contributed by atoms with E-state index in [1.165, 1.54) is 6.08 Å². The van der Waals surface area contributed by atoms with Crippen LogP contribution in [0.2, 0.25) is 0 Å². The quantitative estimate of drug-likeness (QED) is 0.414. The van der Waals surface area contributed by atoms with Gasteiger partial charge in [-0.3, -0.25) is 9.59 Å². The maximum atomic E-state index is 11.8. The van der Waals surface area contributed by atoms with Crippen LogP contribution < -0.4 is 5.32 Å². The highest BCUT2D eigenvalue weighted by molar-refractivity contribution is 5.96. The summed E-state index contributed by atoms with van der Waals surface area (Å²) in [5.41, 5.74) is 2.81. The fourth-order valence-electron chi connectivity index (χ4n) is 2.87. The molecule has 0 radical (unpaired) electrons. The first kappa shape index (κ1) is 23.8. The molecular weight excluding hydrogens is 398 g/mol. The summed E-state index contributed by atoms with van der Waals surface area (Å²) in [5.74, 6) is -2.75. The van der Waals surface area contributed by atoms with Gasteiger partial charge in [-0.2, -0.15) is 0 Å². The van der Waals surface area contributed by atoms with Crippen LogP contribution in [0.5, 0.6) is 0 Å². The second-order valence-corrected chi connectivity index (χ2v) is 8.06. The Morgan fingerprint density at radius 3 is 2.26 bits per heavy atom. The molecule has 0 aromatic heterocycles. The molecule has 0 unspecified atom stereocenters. The van der Waals surface area contributed by atoms with Crippen molar-refractivity contribution in [3.63, 3.8) is 0 Å². The van der Waals surface area contributed by atoms with Gasteiger partial charge in [0.1, 0.15) is 5.60 Å². The number of carbonyl (C=O) groups is 3. The highest BCUT2D eigenvalue weighted by Gasteiger charge is 2.15. The minimum absolute atomic E-state index is 0.116. The van der Waals surface area contributed by atoms with Crippen molar-refractivity contribution in [2.45, 2.75) is 39.3 Å². The lowest BCUT2D eigenvalue weighted by atomic mass is 10.0. The van der Waals surface area contributed by atoms with Crippen molar-refractivity contribution >= 4 is 24.0 Å². The summed E-state index contributed by atoms with van der Waals surface area (Å²) in [6.45, 7) is 6.09. The fraction of sp³-hybridized carbons (Fsp3) is 0.292. The third kappa shape index (κ3) is 8.44. The number of benzene rings is 2. The van der Waals surface area contributed by atoms with Crippen molar-refractivity contribution in [2.24, 2.45) is 0 Å². The van der Waals surface area contributed by atoms with Crippen molar-refractivity contribution < 1.29 is 29.3 Å². The van der Waals surface area contributed by atoms with Gasteiger partial charge < -0.3 is 20.3 Å². The second kappa shape index (κ2) is 10.5. The topological polar surface area (TPSA) is 113 Å². The van der Waals surface area contributed by atoms with Gasteiger partial charge in [0.25, 0.3) is 0 Å². The number of ether oxygens (including phenoxy) is 1. The highest BCUT2D eigenvalue weighted by Crippen LogP contribution is 2.22. The van der Waals surface area contributed by atoms with Crippen molar-refractivity contribution in [3.05, 3.63) is 65.2 Å². The standard InChI is InChI=1S/C24H27NO6/c1-24(2,3)31-22(28)15-25-14-17-5-4-6-19(12-17)18-9-7-16(8-10-18)11-20(23(29)30)13-21(26)27/h4-12,25H,13-15H2,1-3H3,(H,26,27)(H,29,30)/b20-11+. The molecule has 2 rings (SSSR count). The minimum Gasteiger partial charge on any atom is -0.481 e. The molecule has 0 saturated carbocycles. The molecule has 0 bridgehead atoms. The number of hydrogen-bond acceptors (Lipinski definition) is 5. The summed E-state index contributed by atoms with van der Waals surface area (Å²) in [6.07, 6.45) is 0.812. The molecule has 7 nitrogen and oxygen atoms in total. The van der Waals surface area contributed by atoms with Gasteiger partial charge in [-0.05, 0) is 55.2 Å². The second-order valence-electron chi connectivity index (χ2n) is 8.06. The first-order valence-corrected chi connectivity index (χ1v) is 9.81. The first-order chi connectivity index (χ1) is 14.5. The van der Waals surface area contributed by atoms with E-state index in [0.29, 0.717) is 12.1 Å². The Kier molecular flexibility index (Phi) is 8.10. The average Bonchev–Trinajstić information content (AvgIpc) is 2.66. The average molecular weight is 425 g/mol. The van der Waals surface area contributed by atoms with E-state index in [9.17, 15) is 14.4 Å². The predicted octanol–water partition coefficient (Wildman–Crippen LogP) is 3.73. The maximum Gasteiger partial charge on any atom is 0.332 e. The molecule has 2 aromatic carbocycles. The van der Waals surface area contributed by atoms with Gasteiger partial charge in [-0.1, -0.05) is 42.5 Å². The van der Waals surface area contributed by atoms with E-state index in [-0.39, 0.29) is 18.1 Å². The van der Waals surface area contributed by atoms with E-state index in [2.05, 4.69) is 5.32 Å². The number of rotatable bonds is 9. The molecule has 0 fully saturated rings. The van der Waals surface area contributed by atoms with Crippen LogP contribution in [0.1, 0.15) is 38.3 Å². The number of esters is 1. The Balaban J connectivity index is 2.05. The number of carbonyl (C=O) groups excluding carboxylic acids is 1. The summed E-state index contributed by atoms with van der Waals surface area (Å²) in [6, 6.07) is 15.0. The van der Waals surface area contributed by atoms with Crippen LogP contribution in [0.25, 0.3) is 17.2 Å². The molecular formula is C24H27NO6. The van der Waals surface area contributed by atoms with Gasteiger partial charge >= 0.3 is 17.9 Å². The molecule has 3 N–H and O–H groups in total. The summed E-state index contributed by atoms with van der Waals surface area (Å²) in [5, 5.41) is 21.1. The van der Waals surface area contributed by atoms with Crippen molar-refractivity contribution in [2.75, 3.05) is 6.54 Å². The smallest absolute Gasteiger partial charge is 0.332 e. The molecule has 0 spiro atoms. The summed E-state index contributed by atoms with van der Waals surface area (Å²) in [7, 11) is 0. The van der Waals surface area contributed by atoms with Crippen LogP contribution in [0, 0.1) is 0 Å². The van der Waals surface area contributed by atoms with Crippen LogP contribution in [0.4, 0.5) is 0 Å². The Bertz CT molecular complexity index is 970. The van der Waals surface area contributed by atoms with Gasteiger partial charge in [0, 0.05) is 12.1 Å². The van der Waals surface area contributed by atoms with E-state index in [1.807, 2.05) is 57.2 Å². The molecule has 0 aliphatic heterocycles. The Morgan fingerprint density at radius 1 is 1.00 bits per heavy atom. The number of nitrogens with one attached hydrogen (secondary N) is 1. The van der Waals surface area contributed by atoms with Crippen molar-refractivity contribution in [3.8, 4) is 11.1 Å². The van der Waals surface area contributed by atoms with Crippen LogP contribution in [-0.4, -0.2) is 40.3 Å². The van der Waals surface area contributed by atoms with Gasteiger partial charge in [-0.15, -0.1) is 0 Å². The zero-order chi connectivity index (χ0) is 23.0. The normalized spacial score (nSPS) is 11.8. The molecule has 31 heavy (non-hydrogen) atoms. The van der Waals surface area contributed by atoms with E-state index in [0.717, 1.165) is 16.7 Å². The van der Waals surface area contributed by atoms with Gasteiger partial charge in [0.05, 0.1) is 13.0 Å². The summed E-state index contributed by atoms with van der Waals surface area (Å²) >= 11 is 0. The summed E-state index contributed by atoms with van der Waals surface area (Å²) in [4.78, 5) is 33.8. The molecule has 0 heterocycles. The van der Waals surface area contributed by atoms with Crippen molar-refractivity contribution in [1.29, 1.82) is 0 Å². The van der Waals surface area contributed by atoms with Gasteiger partial charge in [-0.25, -0.2) is 4.79 Å². The minimum atomic E-state index is -1.25. The molecule has 0 atom stereocenters. The highest BCUT2D eigenvalue weighted by atomic mass is 16.6. The predicted molar refractivity (Wildman–Crippen MR) is 117 cm³/mol. The Labute approximate surface area is 181 Å². The zero-order valence-electron chi connectivity index (χ0n) is 17.8. The number of carboxylic acids is 2. The van der Waals surface area contributed by atoms with Crippen LogP contribution >= 0.6 is 0 Å². The Hall–Kier alpha value is -3.45. The lowest BCUT2D eigenvalue weighted by Crippen LogP contribution is -2.31. The summed E-state index contributed by atoms with van der Waals surface area (Å²) < 4.78 is 5.27. The van der Waals surface area contributed by atoms with E-state index < -0.39 is 24.0 Å². The van der Waals surface area contributed by atoms with E-state index in [4.69, 9.17) is 14.9 Å². The zero-order valence-corrected chi connectivity index (χ0v) is 17.8. The van der Waals surface area contributed by atoms with Gasteiger partial charge in [0.2, 0.25) is 0 Å². The third-order valence-corrected chi connectivity index (χ3v) is 4.15. The fourth-order valence-corrected chi connectivity index (χ4v) is 2.87. The third-order valence-electron chi connectivity index (χ3n) is 4.15.